The molecule has 0 unspecified atom stereocenters. The van der Waals surface area contributed by atoms with E-state index >= 15 is 0 Å². The molecule has 1 amide bonds. The number of ether oxygens (including phenoxy) is 1. The van der Waals surface area contributed by atoms with E-state index in [0.717, 1.165) is 17.8 Å². The van der Waals surface area contributed by atoms with Crippen molar-refractivity contribution in [3.63, 3.8) is 0 Å². The molecule has 23 heavy (non-hydrogen) atoms. The van der Waals surface area contributed by atoms with Crippen LogP contribution in [0.25, 0.3) is 0 Å². The zero-order valence-electron chi connectivity index (χ0n) is 11.5. The Morgan fingerprint density at radius 2 is 2.09 bits per heavy atom. The van der Waals surface area contributed by atoms with Crippen LogP contribution in [0, 0.1) is 0 Å². The third-order valence-electron chi connectivity index (χ3n) is 2.47. The molecule has 0 radical (unpaired) electrons. The number of carbonyl (C=O) groups is 2. The van der Waals surface area contributed by atoms with E-state index in [2.05, 4.69) is 20.3 Å². The molecule has 1 N–H and O–H groups in total. The summed E-state index contributed by atoms with van der Waals surface area (Å²) in [5.41, 5.74) is 0.480. The lowest BCUT2D eigenvalue weighted by molar-refractivity contribution is -0.135. The van der Waals surface area contributed by atoms with Gasteiger partial charge in [0, 0.05) is 16.7 Å². The molecule has 10 heteroatoms. The number of amidine groups is 1. The Hall–Kier alpha value is -1.54. The SMILES string of the molecule is COC(=O)/C=C1/S/C(=N\N=Cc2cc(Cl)cc(Cl)c2Cl)NC1=O. The molecule has 0 aromatic heterocycles. The highest BCUT2D eigenvalue weighted by molar-refractivity contribution is 8.18. The average Bonchev–Trinajstić information content (AvgIpc) is 2.84. The van der Waals surface area contributed by atoms with Gasteiger partial charge in [0.05, 0.1) is 28.3 Å². The van der Waals surface area contributed by atoms with E-state index in [0.29, 0.717) is 15.6 Å². The van der Waals surface area contributed by atoms with Gasteiger partial charge in [-0.05, 0) is 23.9 Å². The predicted molar refractivity (Wildman–Crippen MR) is 92.3 cm³/mol. The molecule has 1 aromatic rings. The topological polar surface area (TPSA) is 80.1 Å². The maximum absolute atomic E-state index is 11.6. The molecule has 120 valence electrons. The first-order valence-electron chi connectivity index (χ1n) is 5.95. The second kappa shape index (κ2) is 7.83. The second-order valence-corrected chi connectivity index (χ2v) is 6.28. The zero-order chi connectivity index (χ0) is 17.0. The Labute approximate surface area is 150 Å². The predicted octanol–water partition coefficient (Wildman–Crippen LogP) is 3.26. The summed E-state index contributed by atoms with van der Waals surface area (Å²) in [5.74, 6) is -1.09. The first kappa shape index (κ1) is 17.8. The lowest BCUT2D eigenvalue weighted by Crippen LogP contribution is -2.19. The van der Waals surface area contributed by atoms with Gasteiger partial charge in [0.1, 0.15) is 0 Å². The number of hydrogen-bond donors (Lipinski definition) is 1. The molecular formula is C13H8Cl3N3O3S. The van der Waals surface area contributed by atoms with Crippen molar-refractivity contribution in [2.24, 2.45) is 10.2 Å². The van der Waals surface area contributed by atoms with E-state index < -0.39 is 11.9 Å². The summed E-state index contributed by atoms with van der Waals surface area (Å²) in [6.45, 7) is 0. The summed E-state index contributed by atoms with van der Waals surface area (Å²) in [4.78, 5) is 22.9. The van der Waals surface area contributed by atoms with Crippen LogP contribution < -0.4 is 5.32 Å². The molecule has 0 atom stereocenters. The van der Waals surface area contributed by atoms with Crippen molar-refractivity contribution in [2.75, 3.05) is 7.11 Å². The van der Waals surface area contributed by atoms with Crippen molar-refractivity contribution in [1.29, 1.82) is 0 Å². The Morgan fingerprint density at radius 3 is 2.78 bits per heavy atom. The molecule has 1 aromatic carbocycles. The van der Waals surface area contributed by atoms with Crippen molar-refractivity contribution >= 4 is 69.8 Å². The molecule has 0 bridgehead atoms. The smallest absolute Gasteiger partial charge is 0.331 e. The van der Waals surface area contributed by atoms with Crippen LogP contribution >= 0.6 is 46.6 Å². The number of amides is 1. The molecular weight excluding hydrogens is 385 g/mol. The van der Waals surface area contributed by atoms with Gasteiger partial charge in [0.25, 0.3) is 5.91 Å². The normalized spacial score (nSPS) is 18.0. The minimum Gasteiger partial charge on any atom is -0.466 e. The number of thioether (sulfide) groups is 1. The molecule has 0 aliphatic carbocycles. The number of esters is 1. The summed E-state index contributed by atoms with van der Waals surface area (Å²) < 4.78 is 4.45. The lowest BCUT2D eigenvalue weighted by Gasteiger charge is -2.00. The fourth-order valence-corrected chi connectivity index (χ4v) is 2.86. The van der Waals surface area contributed by atoms with Gasteiger partial charge in [-0.3, -0.25) is 10.1 Å². The highest BCUT2D eigenvalue weighted by Gasteiger charge is 2.25. The number of halogens is 3. The first-order valence-corrected chi connectivity index (χ1v) is 7.90. The van der Waals surface area contributed by atoms with Gasteiger partial charge in [-0.15, -0.1) is 5.10 Å². The minimum atomic E-state index is -0.632. The summed E-state index contributed by atoms with van der Waals surface area (Å²) in [6, 6.07) is 3.08. The van der Waals surface area contributed by atoms with Crippen molar-refractivity contribution in [2.45, 2.75) is 0 Å². The van der Waals surface area contributed by atoms with Crippen LogP contribution in [-0.4, -0.2) is 30.4 Å². The molecule has 1 heterocycles. The van der Waals surface area contributed by atoms with E-state index in [9.17, 15) is 9.59 Å². The van der Waals surface area contributed by atoms with Crippen LogP contribution in [0.1, 0.15) is 5.56 Å². The number of nitrogens with zero attached hydrogens (tertiary/aromatic N) is 2. The van der Waals surface area contributed by atoms with Crippen LogP contribution in [0.3, 0.4) is 0 Å². The average molecular weight is 393 g/mol. The highest BCUT2D eigenvalue weighted by atomic mass is 35.5. The van der Waals surface area contributed by atoms with Gasteiger partial charge < -0.3 is 4.74 Å². The summed E-state index contributed by atoms with van der Waals surface area (Å²) in [5, 5.41) is 11.3. The van der Waals surface area contributed by atoms with Crippen LogP contribution in [0.4, 0.5) is 0 Å². The maximum Gasteiger partial charge on any atom is 0.331 e. The molecule has 0 saturated carbocycles. The first-order chi connectivity index (χ1) is 10.9. The number of benzene rings is 1. The fourth-order valence-electron chi connectivity index (χ4n) is 1.45. The Balaban J connectivity index is 2.14. The standard InChI is InChI=1S/C13H8Cl3N3O3S/c1-22-10(20)4-9-12(21)18-13(23-9)19-17-5-6-2-7(14)3-8(15)11(6)16/h2-5H,1H3,(H,18,19,21)/b9-4+,17-5?. The van der Waals surface area contributed by atoms with Gasteiger partial charge in [0.15, 0.2) is 5.17 Å². The van der Waals surface area contributed by atoms with E-state index in [-0.39, 0.29) is 15.1 Å². The number of carbonyl (C=O) groups excluding carboxylic acids is 2. The van der Waals surface area contributed by atoms with Gasteiger partial charge in [-0.25, -0.2) is 4.79 Å². The number of rotatable bonds is 3. The monoisotopic (exact) mass is 391 g/mol. The van der Waals surface area contributed by atoms with Crippen molar-refractivity contribution in [3.05, 3.63) is 43.7 Å². The van der Waals surface area contributed by atoms with Gasteiger partial charge >= 0.3 is 5.97 Å². The molecule has 1 aliphatic heterocycles. The van der Waals surface area contributed by atoms with Gasteiger partial charge in [0.2, 0.25) is 0 Å². The highest BCUT2D eigenvalue weighted by Crippen LogP contribution is 2.29. The second-order valence-electron chi connectivity index (χ2n) is 4.03. The third kappa shape index (κ3) is 4.71. The van der Waals surface area contributed by atoms with Crippen molar-refractivity contribution in [3.8, 4) is 0 Å². The quantitative estimate of drug-likeness (QED) is 0.281. The van der Waals surface area contributed by atoms with Crippen molar-refractivity contribution < 1.29 is 14.3 Å². The van der Waals surface area contributed by atoms with E-state index in [1.54, 1.807) is 6.07 Å². The zero-order valence-corrected chi connectivity index (χ0v) is 14.6. The third-order valence-corrected chi connectivity index (χ3v) is 4.40. The molecule has 0 spiro atoms. The van der Waals surface area contributed by atoms with Crippen LogP contribution in [-0.2, 0) is 14.3 Å². The number of hydrogen-bond acceptors (Lipinski definition) is 6. The number of nitrogens with one attached hydrogen (secondary N) is 1. The fraction of sp³-hybridized carbons (Fsp3) is 0.0769. The summed E-state index contributed by atoms with van der Waals surface area (Å²) in [6.07, 6.45) is 2.42. The minimum absolute atomic E-state index is 0.162. The summed E-state index contributed by atoms with van der Waals surface area (Å²) in [7, 11) is 1.22. The lowest BCUT2D eigenvalue weighted by atomic mass is 10.2. The largest absolute Gasteiger partial charge is 0.466 e. The molecule has 6 nitrogen and oxygen atoms in total. The Kier molecular flexibility index (Phi) is 6.06. The summed E-state index contributed by atoms with van der Waals surface area (Å²) >= 11 is 18.7. The van der Waals surface area contributed by atoms with Crippen LogP contribution in [0.5, 0.6) is 0 Å². The maximum atomic E-state index is 11.6. The molecule has 2 rings (SSSR count). The van der Waals surface area contributed by atoms with Crippen molar-refractivity contribution in [1.82, 2.24) is 5.32 Å². The van der Waals surface area contributed by atoms with E-state index in [1.807, 2.05) is 0 Å². The molecule has 1 aliphatic rings. The Bertz CT molecular complexity index is 762. The van der Waals surface area contributed by atoms with Gasteiger partial charge in [-0.1, -0.05) is 34.8 Å². The van der Waals surface area contributed by atoms with E-state index in [1.165, 1.54) is 19.4 Å². The van der Waals surface area contributed by atoms with Crippen LogP contribution in [0.15, 0.2) is 33.3 Å². The molecule has 1 fully saturated rings. The van der Waals surface area contributed by atoms with Crippen LogP contribution in [0.2, 0.25) is 15.1 Å². The molecule has 1 saturated heterocycles. The van der Waals surface area contributed by atoms with Gasteiger partial charge in [-0.2, -0.15) is 5.10 Å². The number of methoxy groups -OCH3 is 1. The van der Waals surface area contributed by atoms with E-state index in [4.69, 9.17) is 34.8 Å². The Morgan fingerprint density at radius 1 is 1.35 bits per heavy atom.